The summed E-state index contributed by atoms with van der Waals surface area (Å²) >= 11 is 12.6. The third-order valence-corrected chi connectivity index (χ3v) is 5.42. The van der Waals surface area contributed by atoms with Gasteiger partial charge in [-0.3, -0.25) is 9.59 Å². The van der Waals surface area contributed by atoms with Gasteiger partial charge in [0, 0.05) is 22.1 Å². The van der Waals surface area contributed by atoms with Crippen molar-refractivity contribution in [1.29, 1.82) is 0 Å². The number of hydrogen-bond acceptors (Lipinski definition) is 2. The molecule has 2 aromatic rings. The number of halogens is 2. The molecular formula is C24H30Cl2N2O2. The van der Waals surface area contributed by atoms with E-state index in [1.807, 2.05) is 58.9 Å². The predicted octanol–water partition coefficient (Wildman–Crippen LogP) is 5.57. The summed E-state index contributed by atoms with van der Waals surface area (Å²) in [6.45, 7) is 10.0. The molecule has 0 bridgehead atoms. The van der Waals surface area contributed by atoms with Crippen LogP contribution < -0.4 is 5.32 Å². The molecule has 0 saturated carbocycles. The van der Waals surface area contributed by atoms with Crippen LogP contribution >= 0.6 is 23.2 Å². The Hall–Kier alpha value is -2.04. The predicted molar refractivity (Wildman–Crippen MR) is 124 cm³/mol. The number of benzene rings is 2. The quantitative estimate of drug-likeness (QED) is 0.601. The van der Waals surface area contributed by atoms with Crippen molar-refractivity contribution in [2.24, 2.45) is 0 Å². The molecule has 0 aliphatic carbocycles. The largest absolute Gasteiger partial charge is 0.350 e. The lowest BCUT2D eigenvalue weighted by atomic mass is 10.0. The van der Waals surface area contributed by atoms with Crippen molar-refractivity contribution < 1.29 is 9.59 Å². The smallest absolute Gasteiger partial charge is 0.243 e. The number of aryl methyl sites for hydroxylation is 1. The fourth-order valence-corrected chi connectivity index (χ4v) is 3.86. The van der Waals surface area contributed by atoms with Crippen molar-refractivity contribution in [3.05, 3.63) is 69.2 Å². The number of rotatable bonds is 7. The van der Waals surface area contributed by atoms with Crippen LogP contribution in [-0.4, -0.2) is 28.3 Å². The van der Waals surface area contributed by atoms with Crippen LogP contribution in [0.25, 0.3) is 0 Å². The second-order valence-corrected chi connectivity index (χ2v) is 9.37. The molecule has 0 aliphatic heterocycles. The lowest BCUT2D eigenvalue weighted by Crippen LogP contribution is -2.53. The molecule has 0 aromatic heterocycles. The lowest BCUT2D eigenvalue weighted by molar-refractivity contribution is -0.141. The normalized spacial score (nSPS) is 12.4. The summed E-state index contributed by atoms with van der Waals surface area (Å²) in [7, 11) is 0. The van der Waals surface area contributed by atoms with Crippen LogP contribution in [0.5, 0.6) is 0 Å². The summed E-state index contributed by atoms with van der Waals surface area (Å²) in [5.41, 5.74) is 2.25. The molecule has 0 fully saturated rings. The number of nitrogens with one attached hydrogen (secondary N) is 1. The van der Waals surface area contributed by atoms with E-state index < -0.39 is 11.6 Å². The number of amides is 2. The molecule has 2 amide bonds. The summed E-state index contributed by atoms with van der Waals surface area (Å²) in [6, 6.07) is 12.5. The van der Waals surface area contributed by atoms with Gasteiger partial charge in [-0.25, -0.2) is 0 Å². The van der Waals surface area contributed by atoms with Crippen molar-refractivity contribution in [2.75, 3.05) is 0 Å². The van der Waals surface area contributed by atoms with E-state index in [0.29, 0.717) is 28.6 Å². The van der Waals surface area contributed by atoms with E-state index in [9.17, 15) is 9.59 Å². The molecule has 0 radical (unpaired) electrons. The highest BCUT2D eigenvalue weighted by molar-refractivity contribution is 6.36. The van der Waals surface area contributed by atoms with E-state index >= 15 is 0 Å². The number of carbonyl (C=O) groups is 2. The van der Waals surface area contributed by atoms with Crippen molar-refractivity contribution in [3.8, 4) is 0 Å². The van der Waals surface area contributed by atoms with Crippen LogP contribution in [-0.2, 0) is 22.6 Å². The maximum absolute atomic E-state index is 13.4. The topological polar surface area (TPSA) is 49.4 Å². The van der Waals surface area contributed by atoms with Crippen molar-refractivity contribution in [3.63, 3.8) is 0 Å². The zero-order valence-corrected chi connectivity index (χ0v) is 19.8. The monoisotopic (exact) mass is 448 g/mol. The van der Waals surface area contributed by atoms with Crippen molar-refractivity contribution in [2.45, 2.75) is 65.6 Å². The molecule has 30 heavy (non-hydrogen) atoms. The Labute approximate surface area is 189 Å². The average Bonchev–Trinajstić information content (AvgIpc) is 2.63. The highest BCUT2D eigenvalue weighted by atomic mass is 35.5. The first-order valence-corrected chi connectivity index (χ1v) is 10.9. The molecular weight excluding hydrogens is 419 g/mol. The Balaban J connectivity index is 2.38. The summed E-state index contributed by atoms with van der Waals surface area (Å²) < 4.78 is 0. The van der Waals surface area contributed by atoms with Gasteiger partial charge in [-0.1, -0.05) is 66.0 Å². The lowest BCUT2D eigenvalue weighted by Gasteiger charge is -2.33. The van der Waals surface area contributed by atoms with Crippen LogP contribution in [0.15, 0.2) is 42.5 Å². The SMILES string of the molecule is CC[C@@H](C(=O)NC(C)(C)C)N(Cc1cccc(C)c1)C(=O)Cc1c(Cl)cccc1Cl. The van der Waals surface area contributed by atoms with Gasteiger partial charge in [0.2, 0.25) is 11.8 Å². The van der Waals surface area contributed by atoms with E-state index in [-0.39, 0.29) is 18.2 Å². The number of hydrogen-bond donors (Lipinski definition) is 1. The zero-order valence-electron chi connectivity index (χ0n) is 18.3. The standard InChI is InChI=1S/C24H30Cl2N2O2/c1-6-21(23(30)27-24(3,4)5)28(15-17-10-7-9-16(2)13-17)22(29)14-18-19(25)11-8-12-20(18)26/h7-13,21H,6,14-15H2,1-5H3,(H,27,30)/t21-/m0/s1. The Morgan fingerprint density at radius 2 is 1.67 bits per heavy atom. The first-order chi connectivity index (χ1) is 14.0. The van der Waals surface area contributed by atoms with Crippen LogP contribution in [0.3, 0.4) is 0 Å². The van der Waals surface area contributed by atoms with E-state index in [0.717, 1.165) is 11.1 Å². The molecule has 1 N–H and O–H groups in total. The van der Waals surface area contributed by atoms with Gasteiger partial charge in [0.25, 0.3) is 0 Å². The molecule has 2 aromatic carbocycles. The fourth-order valence-electron chi connectivity index (χ4n) is 3.33. The second kappa shape index (κ2) is 10.3. The van der Waals surface area contributed by atoms with Gasteiger partial charge in [-0.15, -0.1) is 0 Å². The highest BCUT2D eigenvalue weighted by Gasteiger charge is 2.31. The highest BCUT2D eigenvalue weighted by Crippen LogP contribution is 2.26. The van der Waals surface area contributed by atoms with E-state index in [4.69, 9.17) is 23.2 Å². The van der Waals surface area contributed by atoms with Crippen LogP contribution in [0, 0.1) is 6.92 Å². The molecule has 6 heteroatoms. The molecule has 162 valence electrons. The third kappa shape index (κ3) is 6.75. The first-order valence-electron chi connectivity index (χ1n) is 10.1. The minimum Gasteiger partial charge on any atom is -0.350 e. The Kier molecular flexibility index (Phi) is 8.34. The van der Waals surface area contributed by atoms with Crippen LogP contribution in [0.2, 0.25) is 10.0 Å². The minimum absolute atomic E-state index is 0.0314. The molecule has 0 aliphatic rings. The summed E-state index contributed by atoms with van der Waals surface area (Å²) in [4.78, 5) is 28.1. The Morgan fingerprint density at radius 1 is 1.07 bits per heavy atom. The molecule has 2 rings (SSSR count). The zero-order chi connectivity index (χ0) is 22.5. The molecule has 0 heterocycles. The number of nitrogens with zero attached hydrogens (tertiary/aromatic N) is 1. The van der Waals surface area contributed by atoms with Gasteiger partial charge in [-0.2, -0.15) is 0 Å². The molecule has 0 saturated heterocycles. The fraction of sp³-hybridized carbons (Fsp3) is 0.417. The van der Waals surface area contributed by atoms with Crippen molar-refractivity contribution in [1.82, 2.24) is 10.2 Å². The summed E-state index contributed by atoms with van der Waals surface area (Å²) in [5.74, 6) is -0.362. The molecule has 4 nitrogen and oxygen atoms in total. The Bertz CT molecular complexity index is 886. The van der Waals surface area contributed by atoms with Crippen LogP contribution in [0.4, 0.5) is 0 Å². The molecule has 0 spiro atoms. The van der Waals surface area contributed by atoms with Gasteiger partial charge in [0.1, 0.15) is 6.04 Å². The van der Waals surface area contributed by atoms with Crippen LogP contribution in [0.1, 0.15) is 50.8 Å². The van der Waals surface area contributed by atoms with E-state index in [1.54, 1.807) is 23.1 Å². The number of carbonyl (C=O) groups excluding carboxylic acids is 2. The van der Waals surface area contributed by atoms with Crippen molar-refractivity contribution >= 4 is 35.0 Å². The third-order valence-electron chi connectivity index (χ3n) is 4.71. The first kappa shape index (κ1) is 24.2. The summed E-state index contributed by atoms with van der Waals surface area (Å²) in [6.07, 6.45) is 0.527. The Morgan fingerprint density at radius 3 is 2.20 bits per heavy atom. The second-order valence-electron chi connectivity index (χ2n) is 8.55. The van der Waals surface area contributed by atoms with Gasteiger partial charge >= 0.3 is 0 Å². The van der Waals surface area contributed by atoms with Gasteiger partial charge in [0.05, 0.1) is 6.42 Å². The van der Waals surface area contributed by atoms with Gasteiger partial charge < -0.3 is 10.2 Å². The van der Waals surface area contributed by atoms with E-state index in [2.05, 4.69) is 5.32 Å². The maximum atomic E-state index is 13.4. The van der Waals surface area contributed by atoms with Gasteiger partial charge in [0.15, 0.2) is 0 Å². The minimum atomic E-state index is -0.599. The maximum Gasteiger partial charge on any atom is 0.243 e. The molecule has 1 atom stereocenters. The van der Waals surface area contributed by atoms with Gasteiger partial charge in [-0.05, 0) is 57.4 Å². The summed E-state index contributed by atoms with van der Waals surface area (Å²) in [5, 5.41) is 3.89. The van der Waals surface area contributed by atoms with E-state index in [1.165, 1.54) is 0 Å². The average molecular weight is 449 g/mol. The molecule has 0 unspecified atom stereocenters.